The molecule has 0 heterocycles. The van der Waals surface area contributed by atoms with Crippen LogP contribution in [0.5, 0.6) is 0 Å². The van der Waals surface area contributed by atoms with Crippen molar-refractivity contribution in [2.24, 2.45) is 0 Å². The van der Waals surface area contributed by atoms with Crippen LogP contribution in [0.4, 0.5) is 0 Å². The maximum absolute atomic E-state index is 8.04. The summed E-state index contributed by atoms with van der Waals surface area (Å²) in [5, 5.41) is 16.1. The third kappa shape index (κ3) is 6.72. The molecule has 0 aliphatic heterocycles. The van der Waals surface area contributed by atoms with E-state index in [1.165, 1.54) is 0 Å². The standard InChI is InChI=1S/C8H10O2/c9-7-5-3-1-2-4-6-8-10/h9-10H,1-4H2. The molecule has 0 unspecified atom stereocenters. The molecule has 0 saturated heterocycles. The van der Waals surface area contributed by atoms with Crippen LogP contribution in [0, 0.1) is 24.1 Å². The lowest BCUT2D eigenvalue weighted by Crippen LogP contribution is -1.72. The molecule has 0 amide bonds. The fourth-order valence-corrected chi connectivity index (χ4v) is 0.539. The Hall–Kier alpha value is -1.28. The van der Waals surface area contributed by atoms with Gasteiger partial charge < -0.3 is 10.2 Å². The zero-order valence-electron chi connectivity index (χ0n) is 5.72. The molecule has 0 aliphatic carbocycles. The molecule has 0 radical (unpaired) electrons. The number of rotatable bonds is 3. The molecule has 0 bridgehead atoms. The monoisotopic (exact) mass is 138 g/mol. The van der Waals surface area contributed by atoms with E-state index in [-0.39, 0.29) is 0 Å². The highest BCUT2D eigenvalue weighted by atomic mass is 16.2. The van der Waals surface area contributed by atoms with E-state index >= 15 is 0 Å². The van der Waals surface area contributed by atoms with Gasteiger partial charge in [0.05, 0.1) is 0 Å². The van der Waals surface area contributed by atoms with Crippen LogP contribution >= 0.6 is 0 Å². The normalized spacial score (nSPS) is 6.80. The van der Waals surface area contributed by atoms with Gasteiger partial charge in [0.2, 0.25) is 0 Å². The largest absolute Gasteiger partial charge is 0.462 e. The summed E-state index contributed by atoms with van der Waals surface area (Å²) in [5.41, 5.74) is 0. The molecule has 2 N–H and O–H groups in total. The van der Waals surface area contributed by atoms with Gasteiger partial charge in [-0.3, -0.25) is 0 Å². The van der Waals surface area contributed by atoms with E-state index < -0.39 is 0 Å². The fraction of sp³-hybridized carbons (Fsp3) is 0.500. The molecule has 0 aromatic carbocycles. The molecule has 0 saturated carbocycles. The summed E-state index contributed by atoms with van der Waals surface area (Å²) >= 11 is 0. The maximum Gasteiger partial charge on any atom is 0.107 e. The van der Waals surface area contributed by atoms with Crippen molar-refractivity contribution < 1.29 is 10.2 Å². The minimum absolute atomic E-state index is 0.698. The molecular weight excluding hydrogens is 128 g/mol. The van der Waals surface area contributed by atoms with Gasteiger partial charge >= 0.3 is 0 Å². The van der Waals surface area contributed by atoms with Gasteiger partial charge in [0.25, 0.3) is 0 Å². The van der Waals surface area contributed by atoms with Crippen LogP contribution in [0.1, 0.15) is 25.7 Å². The molecular formula is C8H10O2. The van der Waals surface area contributed by atoms with Gasteiger partial charge in [-0.05, 0) is 12.8 Å². The van der Waals surface area contributed by atoms with E-state index in [0.29, 0.717) is 12.8 Å². The summed E-state index contributed by atoms with van der Waals surface area (Å²) in [6.07, 6.45) is 6.88. The summed E-state index contributed by atoms with van der Waals surface area (Å²) in [7, 11) is 0. The van der Waals surface area contributed by atoms with E-state index in [0.717, 1.165) is 12.8 Å². The van der Waals surface area contributed by atoms with E-state index in [2.05, 4.69) is 11.8 Å². The van der Waals surface area contributed by atoms with Gasteiger partial charge in [0.1, 0.15) is 12.2 Å². The molecule has 0 atom stereocenters. The third-order valence-corrected chi connectivity index (χ3v) is 1.01. The molecule has 0 aromatic rings. The fourth-order valence-electron chi connectivity index (χ4n) is 0.539. The number of aliphatic hydroxyl groups excluding tert-OH is 2. The number of unbranched alkanes of at least 4 members (excludes halogenated alkanes) is 3. The van der Waals surface area contributed by atoms with Crippen LogP contribution in [0.15, 0.2) is 0 Å². The maximum atomic E-state index is 8.04. The van der Waals surface area contributed by atoms with Gasteiger partial charge in [-0.1, -0.05) is 11.8 Å². The van der Waals surface area contributed by atoms with E-state index in [1.54, 1.807) is 0 Å². The second-order valence-corrected chi connectivity index (χ2v) is 1.78. The summed E-state index contributed by atoms with van der Waals surface area (Å²) < 4.78 is 0. The predicted molar refractivity (Wildman–Crippen MR) is 37.9 cm³/mol. The highest BCUT2D eigenvalue weighted by Crippen LogP contribution is 1.96. The van der Waals surface area contributed by atoms with E-state index in [9.17, 15) is 0 Å². The zero-order valence-corrected chi connectivity index (χ0v) is 5.72. The van der Waals surface area contributed by atoms with Crippen molar-refractivity contribution in [3.05, 3.63) is 0 Å². The summed E-state index contributed by atoms with van der Waals surface area (Å²) in [4.78, 5) is 0. The first-order valence-corrected chi connectivity index (χ1v) is 3.15. The molecule has 0 spiro atoms. The molecule has 0 aromatic heterocycles. The van der Waals surface area contributed by atoms with Crippen LogP contribution in [-0.2, 0) is 0 Å². The summed E-state index contributed by atoms with van der Waals surface area (Å²) in [5.74, 6) is 5.04. The van der Waals surface area contributed by atoms with Gasteiger partial charge in [-0.15, -0.1) is 0 Å². The number of hydrogen-bond donors (Lipinski definition) is 2. The second kappa shape index (κ2) is 7.72. The zero-order chi connectivity index (χ0) is 7.66. The minimum Gasteiger partial charge on any atom is -0.462 e. The highest BCUT2D eigenvalue weighted by Gasteiger charge is 1.81. The van der Waals surface area contributed by atoms with Crippen LogP contribution in [0.25, 0.3) is 0 Å². The first-order valence-electron chi connectivity index (χ1n) is 3.15. The highest BCUT2D eigenvalue weighted by molar-refractivity contribution is 4.91. The topological polar surface area (TPSA) is 40.5 Å². The van der Waals surface area contributed by atoms with Crippen molar-refractivity contribution in [3.63, 3.8) is 0 Å². The van der Waals surface area contributed by atoms with Crippen molar-refractivity contribution in [3.8, 4) is 24.1 Å². The van der Waals surface area contributed by atoms with Gasteiger partial charge in [-0.2, -0.15) is 0 Å². The molecule has 2 nitrogen and oxygen atoms in total. The quantitative estimate of drug-likeness (QED) is 0.454. The van der Waals surface area contributed by atoms with Crippen molar-refractivity contribution in [1.82, 2.24) is 0 Å². The Morgan fingerprint density at radius 2 is 1.20 bits per heavy atom. The van der Waals surface area contributed by atoms with E-state index in [1.807, 2.05) is 12.2 Å². The van der Waals surface area contributed by atoms with Crippen molar-refractivity contribution in [2.45, 2.75) is 25.7 Å². The van der Waals surface area contributed by atoms with Crippen molar-refractivity contribution in [2.75, 3.05) is 0 Å². The summed E-state index contributed by atoms with van der Waals surface area (Å²) in [6, 6.07) is 0. The van der Waals surface area contributed by atoms with Crippen LogP contribution in [0.2, 0.25) is 0 Å². The smallest absolute Gasteiger partial charge is 0.107 e. The lowest BCUT2D eigenvalue weighted by atomic mass is 10.2. The lowest BCUT2D eigenvalue weighted by molar-refractivity contribution is 0.514. The Morgan fingerprint density at radius 3 is 1.50 bits per heavy atom. The van der Waals surface area contributed by atoms with Crippen LogP contribution in [-0.4, -0.2) is 10.2 Å². The number of hydrogen-bond acceptors (Lipinski definition) is 2. The first kappa shape index (κ1) is 8.72. The Labute approximate surface area is 60.9 Å². The van der Waals surface area contributed by atoms with Crippen LogP contribution in [0.3, 0.4) is 0 Å². The lowest BCUT2D eigenvalue weighted by Gasteiger charge is -1.86. The van der Waals surface area contributed by atoms with Gasteiger partial charge in [-0.25, -0.2) is 0 Å². The molecule has 2 heteroatoms. The second-order valence-electron chi connectivity index (χ2n) is 1.78. The summed E-state index contributed by atoms with van der Waals surface area (Å²) in [6.45, 7) is 0. The SMILES string of the molecule is OC#CCCCCC#CO. The Morgan fingerprint density at radius 1 is 0.800 bits per heavy atom. The molecule has 0 rings (SSSR count). The van der Waals surface area contributed by atoms with Gasteiger partial charge in [0, 0.05) is 12.8 Å². The molecule has 10 heavy (non-hydrogen) atoms. The first-order chi connectivity index (χ1) is 4.91. The third-order valence-electron chi connectivity index (χ3n) is 1.01. The van der Waals surface area contributed by atoms with Crippen molar-refractivity contribution in [1.29, 1.82) is 0 Å². The Kier molecular flexibility index (Phi) is 6.73. The number of aliphatic hydroxyl groups is 2. The average Bonchev–Trinajstić information content (AvgIpc) is 1.97. The Bertz CT molecular complexity index is 153. The molecule has 0 fully saturated rings. The predicted octanol–water partition coefficient (Wildman–Crippen LogP) is 1.21. The van der Waals surface area contributed by atoms with Gasteiger partial charge in [0.15, 0.2) is 0 Å². The van der Waals surface area contributed by atoms with Crippen molar-refractivity contribution >= 4 is 0 Å². The molecule has 0 aliphatic rings. The Balaban J connectivity index is 3.00. The molecule has 54 valence electrons. The van der Waals surface area contributed by atoms with Crippen LogP contribution < -0.4 is 0 Å². The minimum atomic E-state index is 0.698. The van der Waals surface area contributed by atoms with E-state index in [4.69, 9.17) is 10.2 Å². The average molecular weight is 138 g/mol.